The molecule has 0 fully saturated rings. The van der Waals surface area contributed by atoms with E-state index in [0.717, 1.165) is 51.4 Å². The molecule has 1 rings (SSSR count). The fourth-order valence-corrected chi connectivity index (χ4v) is 3.37. The summed E-state index contributed by atoms with van der Waals surface area (Å²) in [7, 11) is 0. The van der Waals surface area contributed by atoms with Crippen LogP contribution in [-0.2, 0) is 9.47 Å². The predicted octanol–water partition coefficient (Wildman–Crippen LogP) is 6.13. The molecule has 0 heterocycles. The first-order valence-electron chi connectivity index (χ1n) is 11.6. The number of hydrogen-bond donors (Lipinski definition) is 1. The third-order valence-corrected chi connectivity index (χ3v) is 5.69. The van der Waals surface area contributed by atoms with Crippen molar-refractivity contribution in [3.05, 3.63) is 34.9 Å². The zero-order valence-corrected chi connectivity index (χ0v) is 19.4. The summed E-state index contributed by atoms with van der Waals surface area (Å²) in [6, 6.07) is 3.96. The first-order valence-corrected chi connectivity index (χ1v) is 11.6. The van der Waals surface area contributed by atoms with Crippen LogP contribution in [0.3, 0.4) is 0 Å². The molecule has 2 atom stereocenters. The molecular weight excluding hydrogens is 396 g/mol. The van der Waals surface area contributed by atoms with Gasteiger partial charge in [0.15, 0.2) is 0 Å². The van der Waals surface area contributed by atoms with Gasteiger partial charge in [0.2, 0.25) is 0 Å². The van der Waals surface area contributed by atoms with Crippen molar-refractivity contribution in [1.29, 1.82) is 0 Å². The van der Waals surface area contributed by atoms with Crippen molar-refractivity contribution in [1.82, 2.24) is 0 Å². The summed E-state index contributed by atoms with van der Waals surface area (Å²) in [6.07, 6.45) is 8.05. The Labute approximate surface area is 186 Å². The van der Waals surface area contributed by atoms with Crippen LogP contribution in [0.2, 0.25) is 0 Å². The van der Waals surface area contributed by atoms with Gasteiger partial charge in [0.05, 0.1) is 29.9 Å². The lowest BCUT2D eigenvalue weighted by Gasteiger charge is -2.16. The van der Waals surface area contributed by atoms with Crippen LogP contribution < -0.4 is 0 Å². The molecule has 0 aliphatic rings. The number of carbonyl (C=O) groups excluding carboxylic acids is 2. The maximum Gasteiger partial charge on any atom is 0.339 e. The van der Waals surface area contributed by atoms with Crippen molar-refractivity contribution in [2.75, 3.05) is 13.2 Å². The number of unbranched alkanes of at least 4 members (excludes halogenated alkanes) is 2. The van der Waals surface area contributed by atoms with Gasteiger partial charge in [-0.15, -0.1) is 0 Å². The molecule has 1 N–H and O–H groups in total. The lowest BCUT2D eigenvalue weighted by atomic mass is 10.00. The van der Waals surface area contributed by atoms with E-state index in [1.54, 1.807) is 0 Å². The highest BCUT2D eigenvalue weighted by atomic mass is 16.5. The molecule has 0 saturated heterocycles. The van der Waals surface area contributed by atoms with Crippen molar-refractivity contribution < 1.29 is 29.0 Å². The number of carboxylic acid groups (broad SMARTS) is 1. The van der Waals surface area contributed by atoms with E-state index >= 15 is 0 Å². The molecule has 0 aromatic heterocycles. The van der Waals surface area contributed by atoms with Gasteiger partial charge in [-0.25, -0.2) is 14.4 Å². The zero-order chi connectivity index (χ0) is 23.2. The van der Waals surface area contributed by atoms with Crippen molar-refractivity contribution in [3.63, 3.8) is 0 Å². The number of carbonyl (C=O) groups is 3. The molecule has 1 aromatic carbocycles. The van der Waals surface area contributed by atoms with Gasteiger partial charge < -0.3 is 14.6 Å². The van der Waals surface area contributed by atoms with Gasteiger partial charge in [-0.05, 0) is 42.9 Å². The summed E-state index contributed by atoms with van der Waals surface area (Å²) in [5.74, 6) is -2.00. The highest BCUT2D eigenvalue weighted by Crippen LogP contribution is 2.19. The van der Waals surface area contributed by atoms with Gasteiger partial charge in [0, 0.05) is 0 Å². The van der Waals surface area contributed by atoms with Crippen molar-refractivity contribution >= 4 is 17.9 Å². The monoisotopic (exact) mass is 434 g/mol. The molecule has 0 spiro atoms. The van der Waals surface area contributed by atoms with Gasteiger partial charge >= 0.3 is 17.9 Å². The Morgan fingerprint density at radius 2 is 1.32 bits per heavy atom. The van der Waals surface area contributed by atoms with Gasteiger partial charge in [0.25, 0.3) is 0 Å². The SMILES string of the molecule is CCCCC(CC)COC(=O)c1ccc(C(=O)OCC(CC)CCCC)c(C(=O)O)c1. The van der Waals surface area contributed by atoms with E-state index in [4.69, 9.17) is 9.47 Å². The Balaban J connectivity index is 2.84. The molecule has 6 heteroatoms. The molecule has 0 radical (unpaired) electrons. The molecule has 31 heavy (non-hydrogen) atoms. The fourth-order valence-electron chi connectivity index (χ4n) is 3.37. The molecule has 1 aromatic rings. The number of hydrogen-bond acceptors (Lipinski definition) is 5. The first kappa shape index (κ1) is 26.7. The maximum atomic E-state index is 12.5. The normalized spacial score (nSPS) is 12.8. The molecule has 0 aliphatic heterocycles. The number of aromatic carboxylic acids is 1. The fraction of sp³-hybridized carbons (Fsp3) is 0.640. The quantitative estimate of drug-likeness (QED) is 0.334. The average molecular weight is 435 g/mol. The van der Waals surface area contributed by atoms with Crippen molar-refractivity contribution in [3.8, 4) is 0 Å². The smallest absolute Gasteiger partial charge is 0.339 e. The molecule has 0 amide bonds. The topological polar surface area (TPSA) is 89.9 Å². The molecule has 0 aliphatic carbocycles. The van der Waals surface area contributed by atoms with Crippen LogP contribution in [0.4, 0.5) is 0 Å². The van der Waals surface area contributed by atoms with E-state index < -0.39 is 17.9 Å². The summed E-state index contributed by atoms with van der Waals surface area (Å²) in [5, 5.41) is 9.55. The van der Waals surface area contributed by atoms with Gasteiger partial charge in [0.1, 0.15) is 0 Å². The molecule has 0 saturated carbocycles. The number of ether oxygens (including phenoxy) is 2. The van der Waals surface area contributed by atoms with Crippen LogP contribution in [0.15, 0.2) is 18.2 Å². The largest absolute Gasteiger partial charge is 0.478 e. The van der Waals surface area contributed by atoms with Crippen LogP contribution in [0.5, 0.6) is 0 Å². The van der Waals surface area contributed by atoms with Crippen LogP contribution in [0.25, 0.3) is 0 Å². The minimum absolute atomic E-state index is 0.0521. The van der Waals surface area contributed by atoms with E-state index in [9.17, 15) is 19.5 Å². The van der Waals surface area contributed by atoms with E-state index in [1.807, 2.05) is 6.92 Å². The van der Waals surface area contributed by atoms with Gasteiger partial charge in [-0.1, -0.05) is 66.2 Å². The van der Waals surface area contributed by atoms with Crippen LogP contribution >= 0.6 is 0 Å². The summed E-state index contributed by atoms with van der Waals surface area (Å²) in [5.41, 5.74) is -0.184. The van der Waals surface area contributed by atoms with Gasteiger partial charge in [-0.2, -0.15) is 0 Å². The summed E-state index contributed by atoms with van der Waals surface area (Å²) < 4.78 is 10.8. The van der Waals surface area contributed by atoms with E-state index in [-0.39, 0.29) is 35.1 Å². The molecule has 0 bridgehead atoms. The molecular formula is C25H38O6. The second-order valence-corrected chi connectivity index (χ2v) is 8.10. The van der Waals surface area contributed by atoms with E-state index in [0.29, 0.717) is 6.61 Å². The van der Waals surface area contributed by atoms with Crippen LogP contribution in [0, 0.1) is 11.8 Å². The van der Waals surface area contributed by atoms with E-state index in [2.05, 4.69) is 20.8 Å². The second-order valence-electron chi connectivity index (χ2n) is 8.10. The second kappa shape index (κ2) is 14.6. The van der Waals surface area contributed by atoms with Crippen LogP contribution in [0.1, 0.15) is 110 Å². The molecule has 6 nitrogen and oxygen atoms in total. The Bertz CT molecular complexity index is 712. The van der Waals surface area contributed by atoms with Crippen molar-refractivity contribution in [2.24, 2.45) is 11.8 Å². The minimum atomic E-state index is -1.28. The number of rotatable bonds is 15. The number of carboxylic acids is 1. The summed E-state index contributed by atoms with van der Waals surface area (Å²) in [4.78, 5) is 36.6. The standard InChI is InChI=1S/C25H38O6/c1-5-9-11-18(7-3)16-30-24(28)20-13-14-21(22(15-20)23(26)27)25(29)31-17-19(8-4)12-10-6-2/h13-15,18-19H,5-12,16-17H2,1-4H3,(H,26,27). The summed E-state index contributed by atoms with van der Waals surface area (Å²) >= 11 is 0. The van der Waals surface area contributed by atoms with E-state index in [1.165, 1.54) is 18.2 Å². The molecule has 2 unspecified atom stereocenters. The Hall–Kier alpha value is -2.37. The highest BCUT2D eigenvalue weighted by molar-refractivity contribution is 6.04. The average Bonchev–Trinajstić information content (AvgIpc) is 2.78. The highest BCUT2D eigenvalue weighted by Gasteiger charge is 2.22. The predicted molar refractivity (Wildman–Crippen MR) is 121 cm³/mol. The zero-order valence-electron chi connectivity index (χ0n) is 19.4. The van der Waals surface area contributed by atoms with Gasteiger partial charge in [-0.3, -0.25) is 0 Å². The Kier molecular flexibility index (Phi) is 12.6. The van der Waals surface area contributed by atoms with Crippen LogP contribution in [-0.4, -0.2) is 36.2 Å². The first-order chi connectivity index (χ1) is 14.9. The lowest BCUT2D eigenvalue weighted by Crippen LogP contribution is -2.18. The summed E-state index contributed by atoms with van der Waals surface area (Å²) in [6.45, 7) is 8.89. The maximum absolute atomic E-state index is 12.5. The third kappa shape index (κ3) is 9.11. The minimum Gasteiger partial charge on any atom is -0.478 e. The number of benzene rings is 1. The Morgan fingerprint density at radius 1 is 0.806 bits per heavy atom. The molecule has 174 valence electrons. The number of esters is 2. The Morgan fingerprint density at radius 3 is 1.77 bits per heavy atom. The van der Waals surface area contributed by atoms with Crippen molar-refractivity contribution in [2.45, 2.75) is 79.1 Å². The lowest BCUT2D eigenvalue weighted by molar-refractivity contribution is 0.0410. The third-order valence-electron chi connectivity index (χ3n) is 5.69.